The second-order valence-corrected chi connectivity index (χ2v) is 6.04. The number of rotatable bonds is 5. The highest BCUT2D eigenvalue weighted by molar-refractivity contribution is 7.13. The third kappa shape index (κ3) is 3.42. The van der Waals surface area contributed by atoms with Crippen LogP contribution in [0.3, 0.4) is 0 Å². The highest BCUT2D eigenvalue weighted by Gasteiger charge is 2.11. The lowest BCUT2D eigenvalue weighted by Crippen LogP contribution is -2.02. The molecule has 21 heavy (non-hydrogen) atoms. The molecule has 1 aromatic heterocycles. The second kappa shape index (κ2) is 6.26. The molecule has 0 fully saturated rings. The topological polar surface area (TPSA) is 51.2 Å². The number of ether oxygens (including phenoxy) is 1. The van der Waals surface area contributed by atoms with Gasteiger partial charge in [-0.15, -0.1) is 11.3 Å². The lowest BCUT2D eigenvalue weighted by molar-refractivity contribution is -0.140. The molecule has 110 valence electrons. The van der Waals surface area contributed by atoms with Crippen LogP contribution in [0.15, 0.2) is 23.6 Å². The van der Waals surface area contributed by atoms with Crippen LogP contribution < -0.4 is 5.32 Å². The number of benzene rings is 1. The summed E-state index contributed by atoms with van der Waals surface area (Å²) in [5.41, 5.74) is 4.93. The van der Waals surface area contributed by atoms with Gasteiger partial charge in [0.2, 0.25) is 0 Å². The zero-order valence-corrected chi connectivity index (χ0v) is 12.8. The van der Waals surface area contributed by atoms with Crippen LogP contribution in [-0.2, 0) is 28.8 Å². The summed E-state index contributed by atoms with van der Waals surface area (Å²) in [5.74, 6) is -0.198. The van der Waals surface area contributed by atoms with E-state index in [0.29, 0.717) is 12.8 Å². The van der Waals surface area contributed by atoms with E-state index in [1.54, 1.807) is 11.3 Å². The number of hydrogen-bond acceptors (Lipinski definition) is 5. The number of hydrogen-bond donors (Lipinski definition) is 1. The van der Waals surface area contributed by atoms with Crippen LogP contribution in [0, 0.1) is 0 Å². The number of thiazole rings is 1. The fourth-order valence-corrected chi connectivity index (χ4v) is 3.35. The normalized spacial score (nSPS) is 13.0. The maximum Gasteiger partial charge on any atom is 0.305 e. The van der Waals surface area contributed by atoms with E-state index in [1.165, 1.54) is 37.5 Å². The summed E-state index contributed by atoms with van der Waals surface area (Å²) in [6, 6.07) is 6.54. The summed E-state index contributed by atoms with van der Waals surface area (Å²) >= 11 is 1.56. The number of methoxy groups -OCH3 is 1. The van der Waals surface area contributed by atoms with Gasteiger partial charge in [0, 0.05) is 17.5 Å². The van der Waals surface area contributed by atoms with Gasteiger partial charge in [0.25, 0.3) is 0 Å². The van der Waals surface area contributed by atoms with Crippen LogP contribution in [-0.4, -0.2) is 18.1 Å². The minimum Gasteiger partial charge on any atom is -0.469 e. The average molecular weight is 302 g/mol. The van der Waals surface area contributed by atoms with E-state index in [0.717, 1.165) is 16.5 Å². The molecule has 0 radical (unpaired) electrons. The molecule has 4 nitrogen and oxygen atoms in total. The van der Waals surface area contributed by atoms with Crippen molar-refractivity contribution in [3.8, 4) is 0 Å². The highest BCUT2D eigenvalue weighted by Crippen LogP contribution is 2.27. The molecule has 0 aliphatic heterocycles. The lowest BCUT2D eigenvalue weighted by atomic mass is 10.1. The van der Waals surface area contributed by atoms with Gasteiger partial charge < -0.3 is 10.1 Å². The molecule has 1 aromatic carbocycles. The van der Waals surface area contributed by atoms with Crippen LogP contribution in [0.25, 0.3) is 0 Å². The third-order valence-electron chi connectivity index (χ3n) is 3.71. The number of nitrogens with zero attached hydrogens (tertiary/aromatic N) is 1. The minimum atomic E-state index is -0.198. The Bertz CT molecular complexity index is 651. The zero-order valence-electron chi connectivity index (χ0n) is 12.0. The van der Waals surface area contributed by atoms with E-state index in [1.807, 2.05) is 5.38 Å². The Hall–Kier alpha value is -1.88. The maximum atomic E-state index is 11.1. The molecule has 1 aliphatic carbocycles. The SMILES string of the molecule is COC(=O)CCc1csc(Nc2ccc3c(c2)CCC3)n1. The fourth-order valence-electron chi connectivity index (χ4n) is 2.58. The molecule has 0 unspecified atom stereocenters. The third-order valence-corrected chi connectivity index (χ3v) is 4.52. The standard InChI is InChI=1S/C16H18N2O2S/c1-20-15(19)8-7-14-10-21-16(18-14)17-13-6-5-11-3-2-4-12(11)9-13/h5-6,9-10H,2-4,7-8H2,1H3,(H,17,18). The van der Waals surface area contributed by atoms with Gasteiger partial charge in [0.05, 0.1) is 19.2 Å². The molecule has 0 saturated carbocycles. The van der Waals surface area contributed by atoms with Crippen LogP contribution in [0.5, 0.6) is 0 Å². The predicted octanol–water partition coefficient (Wildman–Crippen LogP) is 3.48. The van der Waals surface area contributed by atoms with Crippen molar-refractivity contribution < 1.29 is 9.53 Å². The van der Waals surface area contributed by atoms with E-state index >= 15 is 0 Å². The van der Waals surface area contributed by atoms with Crippen LogP contribution >= 0.6 is 11.3 Å². The number of fused-ring (bicyclic) bond motifs is 1. The van der Waals surface area contributed by atoms with Crippen molar-refractivity contribution in [2.45, 2.75) is 32.1 Å². The lowest BCUT2D eigenvalue weighted by Gasteiger charge is -2.05. The van der Waals surface area contributed by atoms with E-state index < -0.39 is 0 Å². The Balaban J connectivity index is 1.63. The summed E-state index contributed by atoms with van der Waals surface area (Å²) in [7, 11) is 1.41. The number of anilines is 2. The fraction of sp³-hybridized carbons (Fsp3) is 0.375. The van der Waals surface area contributed by atoms with Crippen molar-refractivity contribution in [3.05, 3.63) is 40.4 Å². The molecule has 5 heteroatoms. The Morgan fingerprint density at radius 1 is 1.38 bits per heavy atom. The molecule has 0 spiro atoms. The van der Waals surface area contributed by atoms with Crippen molar-refractivity contribution in [2.75, 3.05) is 12.4 Å². The molecule has 0 bridgehead atoms. The number of aryl methyl sites for hydroxylation is 3. The van der Waals surface area contributed by atoms with Gasteiger partial charge in [-0.05, 0) is 42.5 Å². The Kier molecular flexibility index (Phi) is 4.20. The maximum absolute atomic E-state index is 11.1. The first-order valence-electron chi connectivity index (χ1n) is 7.14. The first-order valence-corrected chi connectivity index (χ1v) is 8.02. The van der Waals surface area contributed by atoms with Crippen LogP contribution in [0.4, 0.5) is 10.8 Å². The summed E-state index contributed by atoms with van der Waals surface area (Å²) in [5, 5.41) is 6.20. The number of carbonyl (C=O) groups is 1. The van der Waals surface area contributed by atoms with Gasteiger partial charge in [-0.25, -0.2) is 4.98 Å². The predicted molar refractivity (Wildman–Crippen MR) is 84.2 cm³/mol. The molecule has 0 atom stereocenters. The largest absolute Gasteiger partial charge is 0.469 e. The summed E-state index contributed by atoms with van der Waals surface area (Å²) in [6.45, 7) is 0. The summed E-state index contributed by atoms with van der Waals surface area (Å²) < 4.78 is 4.64. The van der Waals surface area contributed by atoms with Crippen LogP contribution in [0.1, 0.15) is 29.7 Å². The van der Waals surface area contributed by atoms with Crippen LogP contribution in [0.2, 0.25) is 0 Å². The van der Waals surface area contributed by atoms with Crippen molar-refractivity contribution in [1.29, 1.82) is 0 Å². The van der Waals surface area contributed by atoms with Gasteiger partial charge in [0.1, 0.15) is 0 Å². The summed E-state index contributed by atoms with van der Waals surface area (Å²) in [6.07, 6.45) is 4.62. The number of carbonyl (C=O) groups excluding carboxylic acids is 1. The zero-order chi connectivity index (χ0) is 14.7. The van der Waals surface area contributed by atoms with Gasteiger partial charge in [-0.2, -0.15) is 0 Å². The molecule has 1 aliphatic rings. The Morgan fingerprint density at radius 2 is 2.24 bits per heavy atom. The number of nitrogens with one attached hydrogen (secondary N) is 1. The van der Waals surface area contributed by atoms with Gasteiger partial charge in [-0.1, -0.05) is 6.07 Å². The molecule has 0 amide bonds. The molecule has 1 N–H and O–H groups in total. The molecule has 3 rings (SSSR count). The number of aromatic nitrogens is 1. The smallest absolute Gasteiger partial charge is 0.305 e. The minimum absolute atomic E-state index is 0.198. The molecule has 2 aromatic rings. The van der Waals surface area contributed by atoms with Gasteiger partial charge >= 0.3 is 5.97 Å². The molecule has 1 heterocycles. The highest BCUT2D eigenvalue weighted by atomic mass is 32.1. The summed E-state index contributed by atoms with van der Waals surface area (Å²) in [4.78, 5) is 15.6. The van der Waals surface area contributed by atoms with Gasteiger partial charge in [0.15, 0.2) is 5.13 Å². The molecular weight excluding hydrogens is 284 g/mol. The molecule has 0 saturated heterocycles. The first kappa shape index (κ1) is 14.1. The van der Waals surface area contributed by atoms with Gasteiger partial charge in [-0.3, -0.25) is 4.79 Å². The Morgan fingerprint density at radius 3 is 3.10 bits per heavy atom. The number of esters is 1. The molecular formula is C16H18N2O2S. The first-order chi connectivity index (χ1) is 10.2. The quantitative estimate of drug-likeness (QED) is 0.859. The Labute approximate surface area is 128 Å². The van der Waals surface area contributed by atoms with E-state index in [2.05, 4.69) is 33.2 Å². The van der Waals surface area contributed by atoms with E-state index in [-0.39, 0.29) is 5.97 Å². The van der Waals surface area contributed by atoms with E-state index in [9.17, 15) is 4.79 Å². The van der Waals surface area contributed by atoms with E-state index in [4.69, 9.17) is 0 Å². The van der Waals surface area contributed by atoms with Crippen molar-refractivity contribution >= 4 is 28.1 Å². The second-order valence-electron chi connectivity index (χ2n) is 5.18. The van der Waals surface area contributed by atoms with Crippen molar-refractivity contribution in [1.82, 2.24) is 4.98 Å². The van der Waals surface area contributed by atoms with Crippen molar-refractivity contribution in [2.24, 2.45) is 0 Å². The monoisotopic (exact) mass is 302 g/mol. The van der Waals surface area contributed by atoms with Crippen molar-refractivity contribution in [3.63, 3.8) is 0 Å². The average Bonchev–Trinajstić information content (AvgIpc) is 3.13.